The molecule has 1 aliphatic heterocycles. The van der Waals surface area contributed by atoms with Crippen molar-refractivity contribution in [2.75, 3.05) is 23.8 Å². The zero-order chi connectivity index (χ0) is 14.8. The smallest absolute Gasteiger partial charge is 0.258 e. The molecule has 1 heterocycles. The van der Waals surface area contributed by atoms with Gasteiger partial charge in [-0.25, -0.2) is 0 Å². The van der Waals surface area contributed by atoms with Crippen LogP contribution in [0.25, 0.3) is 0 Å². The van der Waals surface area contributed by atoms with E-state index in [4.69, 9.17) is 0 Å². The summed E-state index contributed by atoms with van der Waals surface area (Å²) in [6.07, 6.45) is 1.95. The number of fused-ring (bicyclic) bond motifs is 1. The SMILES string of the molecule is CN(C(=O)c1cccc2c1CCCN2)c1cccc(O)c1. The van der Waals surface area contributed by atoms with Crippen molar-refractivity contribution in [3.63, 3.8) is 0 Å². The zero-order valence-corrected chi connectivity index (χ0v) is 12.0. The predicted molar refractivity (Wildman–Crippen MR) is 84.1 cm³/mol. The lowest BCUT2D eigenvalue weighted by atomic mass is 9.97. The van der Waals surface area contributed by atoms with Crippen molar-refractivity contribution in [1.82, 2.24) is 0 Å². The number of anilines is 2. The predicted octanol–water partition coefficient (Wildman–Crippen LogP) is 3.03. The van der Waals surface area contributed by atoms with Crippen molar-refractivity contribution in [3.8, 4) is 5.75 Å². The second-order valence-electron chi connectivity index (χ2n) is 5.25. The number of nitrogens with one attached hydrogen (secondary N) is 1. The summed E-state index contributed by atoms with van der Waals surface area (Å²) in [4.78, 5) is 14.3. The molecule has 2 N–H and O–H groups in total. The highest BCUT2D eigenvalue weighted by atomic mass is 16.3. The Bertz CT molecular complexity index is 682. The van der Waals surface area contributed by atoms with Gasteiger partial charge in [0.2, 0.25) is 0 Å². The molecule has 0 spiro atoms. The van der Waals surface area contributed by atoms with Gasteiger partial charge >= 0.3 is 0 Å². The number of phenols is 1. The van der Waals surface area contributed by atoms with Crippen molar-refractivity contribution >= 4 is 17.3 Å². The van der Waals surface area contributed by atoms with Gasteiger partial charge in [0.1, 0.15) is 5.75 Å². The molecule has 1 amide bonds. The van der Waals surface area contributed by atoms with Gasteiger partial charge in [-0.15, -0.1) is 0 Å². The second kappa shape index (κ2) is 5.48. The van der Waals surface area contributed by atoms with Crippen LogP contribution in [0.1, 0.15) is 22.3 Å². The van der Waals surface area contributed by atoms with E-state index in [1.165, 1.54) is 0 Å². The van der Waals surface area contributed by atoms with Crippen LogP contribution in [0.5, 0.6) is 5.75 Å². The lowest BCUT2D eigenvalue weighted by Gasteiger charge is -2.23. The Hall–Kier alpha value is -2.49. The van der Waals surface area contributed by atoms with E-state index < -0.39 is 0 Å². The molecular formula is C17H18N2O2. The van der Waals surface area contributed by atoms with Crippen LogP contribution < -0.4 is 10.2 Å². The number of rotatable bonds is 2. The molecule has 0 aromatic heterocycles. The van der Waals surface area contributed by atoms with Gasteiger partial charge in [-0.1, -0.05) is 12.1 Å². The Balaban J connectivity index is 1.95. The van der Waals surface area contributed by atoms with E-state index in [2.05, 4.69) is 5.32 Å². The van der Waals surface area contributed by atoms with Crippen LogP contribution in [0.4, 0.5) is 11.4 Å². The molecule has 3 rings (SSSR count). The fourth-order valence-corrected chi connectivity index (χ4v) is 2.71. The average molecular weight is 282 g/mol. The molecule has 2 aromatic rings. The van der Waals surface area contributed by atoms with Crippen molar-refractivity contribution in [2.45, 2.75) is 12.8 Å². The number of carbonyl (C=O) groups excluding carboxylic acids is 1. The van der Waals surface area contributed by atoms with Crippen molar-refractivity contribution < 1.29 is 9.90 Å². The maximum atomic E-state index is 12.7. The molecule has 2 aromatic carbocycles. The molecule has 108 valence electrons. The van der Waals surface area contributed by atoms with Gasteiger partial charge in [0.25, 0.3) is 5.91 Å². The normalized spacial score (nSPS) is 13.2. The highest BCUT2D eigenvalue weighted by Crippen LogP contribution is 2.28. The average Bonchev–Trinajstić information content (AvgIpc) is 2.53. The summed E-state index contributed by atoms with van der Waals surface area (Å²) < 4.78 is 0. The van der Waals surface area contributed by atoms with Crippen LogP contribution in [0.2, 0.25) is 0 Å². The molecule has 0 radical (unpaired) electrons. The Morgan fingerprint density at radius 3 is 2.86 bits per heavy atom. The fraction of sp³-hybridized carbons (Fsp3) is 0.235. The van der Waals surface area contributed by atoms with Crippen LogP contribution in [-0.4, -0.2) is 24.6 Å². The zero-order valence-electron chi connectivity index (χ0n) is 12.0. The van der Waals surface area contributed by atoms with Gasteiger partial charge in [-0.2, -0.15) is 0 Å². The Morgan fingerprint density at radius 2 is 2.05 bits per heavy atom. The topological polar surface area (TPSA) is 52.6 Å². The maximum Gasteiger partial charge on any atom is 0.258 e. The second-order valence-corrected chi connectivity index (χ2v) is 5.25. The summed E-state index contributed by atoms with van der Waals surface area (Å²) in [5.41, 5.74) is 3.55. The van der Waals surface area contributed by atoms with E-state index in [0.29, 0.717) is 5.69 Å². The van der Waals surface area contributed by atoms with Gasteiger partial charge in [-0.3, -0.25) is 4.79 Å². The molecule has 0 fully saturated rings. The molecule has 0 unspecified atom stereocenters. The monoisotopic (exact) mass is 282 g/mol. The molecular weight excluding hydrogens is 264 g/mol. The minimum atomic E-state index is -0.0545. The third-order valence-corrected chi connectivity index (χ3v) is 3.85. The van der Waals surface area contributed by atoms with E-state index in [9.17, 15) is 9.90 Å². The first-order valence-corrected chi connectivity index (χ1v) is 7.09. The lowest BCUT2D eigenvalue weighted by molar-refractivity contribution is 0.0992. The first-order chi connectivity index (χ1) is 10.2. The van der Waals surface area contributed by atoms with Crippen LogP contribution in [0.15, 0.2) is 42.5 Å². The summed E-state index contributed by atoms with van der Waals surface area (Å²) in [5.74, 6) is 0.102. The number of carbonyl (C=O) groups is 1. The number of benzene rings is 2. The van der Waals surface area contributed by atoms with Crippen molar-refractivity contribution in [1.29, 1.82) is 0 Å². The van der Waals surface area contributed by atoms with Crippen LogP contribution in [-0.2, 0) is 6.42 Å². The number of hydrogen-bond donors (Lipinski definition) is 2. The Morgan fingerprint density at radius 1 is 1.24 bits per heavy atom. The minimum absolute atomic E-state index is 0.0545. The maximum absolute atomic E-state index is 12.7. The number of phenolic OH excluding ortho intramolecular Hbond substituents is 1. The summed E-state index contributed by atoms with van der Waals surface area (Å²) in [5, 5.41) is 12.9. The van der Waals surface area contributed by atoms with E-state index in [0.717, 1.165) is 36.2 Å². The van der Waals surface area contributed by atoms with Gasteiger partial charge in [0.15, 0.2) is 0 Å². The van der Waals surface area contributed by atoms with E-state index in [-0.39, 0.29) is 11.7 Å². The van der Waals surface area contributed by atoms with Gasteiger partial charge in [0.05, 0.1) is 0 Å². The fourth-order valence-electron chi connectivity index (χ4n) is 2.71. The molecule has 4 nitrogen and oxygen atoms in total. The van der Waals surface area contributed by atoms with Gasteiger partial charge in [-0.05, 0) is 42.7 Å². The number of nitrogens with zero attached hydrogens (tertiary/aromatic N) is 1. The van der Waals surface area contributed by atoms with Crippen molar-refractivity contribution in [3.05, 3.63) is 53.6 Å². The lowest BCUT2D eigenvalue weighted by Crippen LogP contribution is -2.28. The number of hydrogen-bond acceptors (Lipinski definition) is 3. The minimum Gasteiger partial charge on any atom is -0.508 e. The van der Waals surface area contributed by atoms with E-state index in [1.54, 1.807) is 30.1 Å². The quantitative estimate of drug-likeness (QED) is 0.890. The highest BCUT2D eigenvalue weighted by molar-refractivity contribution is 6.07. The summed E-state index contributed by atoms with van der Waals surface area (Å²) in [6, 6.07) is 12.5. The molecule has 1 aliphatic rings. The molecule has 0 saturated heterocycles. The summed E-state index contributed by atoms with van der Waals surface area (Å²) in [6.45, 7) is 0.951. The third kappa shape index (κ3) is 2.57. The molecule has 4 heteroatoms. The number of aromatic hydroxyl groups is 1. The van der Waals surface area contributed by atoms with Gasteiger partial charge < -0.3 is 15.3 Å². The first-order valence-electron chi connectivity index (χ1n) is 7.09. The summed E-state index contributed by atoms with van der Waals surface area (Å²) >= 11 is 0. The molecule has 0 atom stereocenters. The Labute approximate surface area is 124 Å². The van der Waals surface area contributed by atoms with E-state index >= 15 is 0 Å². The van der Waals surface area contributed by atoms with Crippen molar-refractivity contribution in [2.24, 2.45) is 0 Å². The molecule has 0 saturated carbocycles. The van der Waals surface area contributed by atoms with Crippen LogP contribution in [0.3, 0.4) is 0 Å². The molecule has 0 bridgehead atoms. The standard InChI is InChI=1S/C17H18N2O2/c1-19(12-5-2-6-13(20)11-12)17(21)15-7-3-9-16-14(15)8-4-10-18-16/h2-3,5-7,9,11,18,20H,4,8,10H2,1H3. The van der Waals surface area contributed by atoms with Crippen LogP contribution in [0, 0.1) is 0 Å². The highest BCUT2D eigenvalue weighted by Gasteiger charge is 2.20. The largest absolute Gasteiger partial charge is 0.508 e. The third-order valence-electron chi connectivity index (χ3n) is 3.85. The van der Waals surface area contributed by atoms with E-state index in [1.807, 2.05) is 24.3 Å². The van der Waals surface area contributed by atoms with Crippen LogP contribution >= 0.6 is 0 Å². The molecule has 0 aliphatic carbocycles. The first kappa shape index (κ1) is 13.5. The molecule has 21 heavy (non-hydrogen) atoms. The summed E-state index contributed by atoms with van der Waals surface area (Å²) in [7, 11) is 1.73. The Kier molecular flexibility index (Phi) is 3.52. The van der Waals surface area contributed by atoms with Gasteiger partial charge in [0, 0.05) is 36.6 Å². The number of amides is 1.